The Balaban J connectivity index is 2.41. The number of rotatable bonds is 4. The van der Waals surface area contributed by atoms with Crippen LogP contribution in [-0.4, -0.2) is 17.5 Å². The second kappa shape index (κ2) is 5.50. The second-order valence-electron chi connectivity index (χ2n) is 5.01. The van der Waals surface area contributed by atoms with Gasteiger partial charge in [-0.3, -0.25) is 4.79 Å². The minimum atomic E-state index is -0.325. The number of hydrogen-bond donors (Lipinski definition) is 2. The molecular weight excluding hydrogens is 188 g/mol. The van der Waals surface area contributed by atoms with E-state index in [0.717, 1.165) is 25.7 Å². The van der Waals surface area contributed by atoms with E-state index in [1.807, 2.05) is 0 Å². The molecule has 0 radical (unpaired) electrons. The number of amides is 1. The summed E-state index contributed by atoms with van der Waals surface area (Å²) in [5.41, 5.74) is 5.79. The van der Waals surface area contributed by atoms with Gasteiger partial charge in [-0.25, -0.2) is 0 Å². The Morgan fingerprint density at radius 1 is 1.40 bits per heavy atom. The highest BCUT2D eigenvalue weighted by Crippen LogP contribution is 2.27. The maximum atomic E-state index is 11.8. The van der Waals surface area contributed by atoms with Crippen LogP contribution in [0.25, 0.3) is 0 Å². The maximum absolute atomic E-state index is 11.8. The van der Waals surface area contributed by atoms with Crippen LogP contribution in [0, 0.1) is 0 Å². The Morgan fingerprint density at radius 2 is 2.00 bits per heavy atom. The Labute approximate surface area is 92.8 Å². The van der Waals surface area contributed by atoms with Crippen LogP contribution < -0.4 is 11.1 Å². The summed E-state index contributed by atoms with van der Waals surface area (Å²) in [4.78, 5) is 11.8. The topological polar surface area (TPSA) is 55.1 Å². The first kappa shape index (κ1) is 12.5. The van der Waals surface area contributed by atoms with Gasteiger partial charge in [-0.2, -0.15) is 0 Å². The minimum absolute atomic E-state index is 0.000689. The van der Waals surface area contributed by atoms with Crippen molar-refractivity contribution in [3.63, 3.8) is 0 Å². The van der Waals surface area contributed by atoms with Crippen molar-refractivity contribution in [2.75, 3.05) is 0 Å². The molecule has 15 heavy (non-hydrogen) atoms. The van der Waals surface area contributed by atoms with Crippen molar-refractivity contribution >= 4 is 5.91 Å². The average Bonchev–Trinajstić information content (AvgIpc) is 2.18. The molecular formula is C12H24N2O. The van der Waals surface area contributed by atoms with Gasteiger partial charge in [0.05, 0.1) is 6.04 Å². The number of nitrogens with two attached hydrogens (primary N) is 1. The highest BCUT2D eigenvalue weighted by molar-refractivity contribution is 5.82. The van der Waals surface area contributed by atoms with E-state index in [-0.39, 0.29) is 17.5 Å². The molecule has 1 aliphatic rings. The lowest BCUT2D eigenvalue weighted by Crippen LogP contribution is -2.52. The highest BCUT2D eigenvalue weighted by atomic mass is 16.2. The van der Waals surface area contributed by atoms with Crippen LogP contribution in [0.1, 0.15) is 58.8 Å². The zero-order valence-corrected chi connectivity index (χ0v) is 10.0. The van der Waals surface area contributed by atoms with Crippen LogP contribution >= 0.6 is 0 Å². The summed E-state index contributed by atoms with van der Waals surface area (Å²) >= 11 is 0. The van der Waals surface area contributed by atoms with E-state index in [1.54, 1.807) is 0 Å². The molecule has 1 rings (SSSR count). The molecule has 1 aliphatic carbocycles. The number of hydrogen-bond acceptors (Lipinski definition) is 2. The Bertz CT molecular complexity index is 210. The van der Waals surface area contributed by atoms with E-state index in [2.05, 4.69) is 19.2 Å². The van der Waals surface area contributed by atoms with Crippen LogP contribution in [0.3, 0.4) is 0 Å². The summed E-state index contributed by atoms with van der Waals surface area (Å²) in [6.07, 6.45) is 7.68. The average molecular weight is 212 g/mol. The summed E-state index contributed by atoms with van der Waals surface area (Å²) in [6, 6.07) is -0.325. The molecule has 3 nitrogen and oxygen atoms in total. The first-order valence-corrected chi connectivity index (χ1v) is 6.15. The van der Waals surface area contributed by atoms with E-state index >= 15 is 0 Å². The van der Waals surface area contributed by atoms with Crippen molar-refractivity contribution in [1.29, 1.82) is 0 Å². The third kappa shape index (κ3) is 3.82. The number of carbonyl (C=O) groups excluding carboxylic acids is 1. The summed E-state index contributed by atoms with van der Waals surface area (Å²) < 4.78 is 0. The van der Waals surface area contributed by atoms with Crippen LogP contribution in [0.5, 0.6) is 0 Å². The lowest BCUT2D eigenvalue weighted by molar-refractivity contribution is -0.124. The van der Waals surface area contributed by atoms with Gasteiger partial charge in [0.25, 0.3) is 0 Å². The summed E-state index contributed by atoms with van der Waals surface area (Å²) in [6.45, 7) is 4.19. The molecule has 0 aromatic heterocycles. The lowest BCUT2D eigenvalue weighted by Gasteiger charge is -2.35. The molecule has 1 saturated carbocycles. The van der Waals surface area contributed by atoms with E-state index in [1.165, 1.54) is 19.3 Å². The van der Waals surface area contributed by atoms with Crippen LogP contribution in [0.15, 0.2) is 0 Å². The molecule has 1 fully saturated rings. The molecule has 0 aliphatic heterocycles. The van der Waals surface area contributed by atoms with Crippen LogP contribution in [0.4, 0.5) is 0 Å². The van der Waals surface area contributed by atoms with Gasteiger partial charge in [0, 0.05) is 5.54 Å². The quantitative estimate of drug-likeness (QED) is 0.748. The van der Waals surface area contributed by atoms with Gasteiger partial charge >= 0.3 is 0 Å². The van der Waals surface area contributed by atoms with Crippen molar-refractivity contribution in [3.8, 4) is 0 Å². The van der Waals surface area contributed by atoms with E-state index in [0.29, 0.717) is 0 Å². The van der Waals surface area contributed by atoms with Crippen molar-refractivity contribution in [2.45, 2.75) is 70.4 Å². The Morgan fingerprint density at radius 3 is 2.53 bits per heavy atom. The molecule has 88 valence electrons. The number of carbonyl (C=O) groups is 1. The van der Waals surface area contributed by atoms with Gasteiger partial charge in [0.1, 0.15) is 0 Å². The van der Waals surface area contributed by atoms with Crippen LogP contribution in [0.2, 0.25) is 0 Å². The standard InChI is InChI=1S/C12H24N2O/c1-3-7-10(13)11(15)14-12(2)8-5-4-6-9-12/h10H,3-9,13H2,1-2H3,(H,14,15)/t10-/m0/s1. The molecule has 1 atom stereocenters. The Hall–Kier alpha value is -0.570. The van der Waals surface area contributed by atoms with Gasteiger partial charge in [-0.15, -0.1) is 0 Å². The molecule has 1 amide bonds. The van der Waals surface area contributed by atoms with Gasteiger partial charge in [0.15, 0.2) is 0 Å². The SMILES string of the molecule is CCC[C@H](N)C(=O)NC1(C)CCCCC1. The molecule has 0 saturated heterocycles. The highest BCUT2D eigenvalue weighted by Gasteiger charge is 2.29. The normalized spacial score (nSPS) is 22.1. The molecule has 0 unspecified atom stereocenters. The summed E-state index contributed by atoms with van der Waals surface area (Å²) in [7, 11) is 0. The van der Waals surface area contributed by atoms with E-state index in [4.69, 9.17) is 5.73 Å². The van der Waals surface area contributed by atoms with Crippen molar-refractivity contribution in [1.82, 2.24) is 5.32 Å². The maximum Gasteiger partial charge on any atom is 0.237 e. The third-order valence-electron chi connectivity index (χ3n) is 3.32. The van der Waals surface area contributed by atoms with Gasteiger partial charge in [-0.1, -0.05) is 32.6 Å². The molecule has 0 aromatic rings. The summed E-state index contributed by atoms with van der Waals surface area (Å²) in [5, 5.41) is 3.12. The minimum Gasteiger partial charge on any atom is -0.350 e. The first-order valence-electron chi connectivity index (χ1n) is 6.15. The van der Waals surface area contributed by atoms with Crippen LogP contribution in [-0.2, 0) is 4.79 Å². The van der Waals surface area contributed by atoms with Crippen molar-refractivity contribution in [3.05, 3.63) is 0 Å². The fourth-order valence-electron chi connectivity index (χ4n) is 2.29. The zero-order valence-electron chi connectivity index (χ0n) is 10.0. The molecule has 3 N–H and O–H groups in total. The fourth-order valence-corrected chi connectivity index (χ4v) is 2.29. The number of nitrogens with one attached hydrogen (secondary N) is 1. The predicted molar refractivity (Wildman–Crippen MR) is 62.5 cm³/mol. The van der Waals surface area contributed by atoms with Gasteiger partial charge in [-0.05, 0) is 26.2 Å². The predicted octanol–water partition coefficient (Wildman–Crippen LogP) is 1.95. The molecule has 0 aromatic carbocycles. The second-order valence-corrected chi connectivity index (χ2v) is 5.01. The first-order chi connectivity index (χ1) is 7.07. The monoisotopic (exact) mass is 212 g/mol. The molecule has 3 heteroatoms. The smallest absolute Gasteiger partial charge is 0.237 e. The zero-order chi connectivity index (χ0) is 11.3. The van der Waals surface area contributed by atoms with E-state index in [9.17, 15) is 4.79 Å². The third-order valence-corrected chi connectivity index (χ3v) is 3.32. The molecule has 0 heterocycles. The largest absolute Gasteiger partial charge is 0.350 e. The Kier molecular flexibility index (Phi) is 4.58. The van der Waals surface area contributed by atoms with E-state index < -0.39 is 0 Å². The van der Waals surface area contributed by atoms with Crippen molar-refractivity contribution < 1.29 is 4.79 Å². The molecule has 0 spiro atoms. The van der Waals surface area contributed by atoms with Crippen molar-refractivity contribution in [2.24, 2.45) is 5.73 Å². The lowest BCUT2D eigenvalue weighted by atomic mass is 9.83. The van der Waals surface area contributed by atoms with Gasteiger partial charge < -0.3 is 11.1 Å². The van der Waals surface area contributed by atoms with Gasteiger partial charge in [0.2, 0.25) is 5.91 Å². The molecule has 0 bridgehead atoms. The summed E-state index contributed by atoms with van der Waals surface area (Å²) in [5.74, 6) is 0.0289. The fraction of sp³-hybridized carbons (Fsp3) is 0.917.